The summed E-state index contributed by atoms with van der Waals surface area (Å²) in [4.78, 5) is 11.0. The number of ether oxygens (including phenoxy) is 1. The number of aromatic nitrogens is 3. The van der Waals surface area contributed by atoms with Gasteiger partial charge in [0.25, 0.3) is 0 Å². The fourth-order valence-electron chi connectivity index (χ4n) is 1.93. The molecule has 0 aliphatic heterocycles. The van der Waals surface area contributed by atoms with Crippen molar-refractivity contribution in [1.29, 1.82) is 0 Å². The van der Waals surface area contributed by atoms with Crippen molar-refractivity contribution in [2.24, 2.45) is 0 Å². The molecule has 1 aromatic carbocycles. The van der Waals surface area contributed by atoms with Crippen LogP contribution in [0.4, 0.5) is 0 Å². The highest BCUT2D eigenvalue weighted by molar-refractivity contribution is 5.73. The Morgan fingerprint density at radius 3 is 2.58 bits per heavy atom. The maximum absolute atomic E-state index is 11.0. The number of rotatable bonds is 6. The molecule has 5 nitrogen and oxygen atoms in total. The van der Waals surface area contributed by atoms with Crippen LogP contribution in [-0.4, -0.2) is 27.9 Å². The van der Waals surface area contributed by atoms with Gasteiger partial charge in [-0.1, -0.05) is 18.6 Å². The van der Waals surface area contributed by atoms with Gasteiger partial charge in [0, 0.05) is 0 Å². The Bertz CT molecular complexity index is 546. The summed E-state index contributed by atoms with van der Waals surface area (Å²) in [6, 6.07) is 7.59. The zero-order valence-corrected chi connectivity index (χ0v) is 11.2. The monoisotopic (exact) mass is 259 g/mol. The van der Waals surface area contributed by atoms with Gasteiger partial charge in [-0.05, 0) is 37.6 Å². The minimum absolute atomic E-state index is 0.413. The Kier molecular flexibility index (Phi) is 4.28. The van der Waals surface area contributed by atoms with Crippen molar-refractivity contribution in [3.8, 4) is 11.4 Å². The third-order valence-corrected chi connectivity index (χ3v) is 2.78. The molecule has 0 saturated heterocycles. The van der Waals surface area contributed by atoms with Gasteiger partial charge < -0.3 is 4.74 Å². The molecule has 0 radical (unpaired) electrons. The molecule has 0 fully saturated rings. The number of carbonyl (C=O) groups excluding carboxylic acids is 1. The second-order valence-electron chi connectivity index (χ2n) is 4.13. The fraction of sp³-hybridized carbons (Fsp3) is 0.357. The summed E-state index contributed by atoms with van der Waals surface area (Å²) in [5, 5.41) is 7.95. The Balaban J connectivity index is 2.35. The van der Waals surface area contributed by atoms with Gasteiger partial charge in [-0.25, -0.2) is 4.68 Å². The highest BCUT2D eigenvalue weighted by atomic mass is 16.5. The van der Waals surface area contributed by atoms with Gasteiger partial charge in [0.2, 0.25) is 0 Å². The molecule has 2 aromatic rings. The minimum Gasteiger partial charge on any atom is -0.494 e. The molecule has 0 aliphatic rings. The maximum atomic E-state index is 11.0. The van der Waals surface area contributed by atoms with Gasteiger partial charge in [-0.15, -0.1) is 5.10 Å². The van der Waals surface area contributed by atoms with Gasteiger partial charge in [0.15, 0.2) is 6.29 Å². The van der Waals surface area contributed by atoms with Crippen LogP contribution in [0, 0.1) is 0 Å². The van der Waals surface area contributed by atoms with Crippen molar-refractivity contribution in [2.45, 2.75) is 26.7 Å². The van der Waals surface area contributed by atoms with E-state index in [4.69, 9.17) is 4.74 Å². The van der Waals surface area contributed by atoms with E-state index in [1.165, 1.54) is 0 Å². The summed E-state index contributed by atoms with van der Waals surface area (Å²) >= 11 is 0. The summed E-state index contributed by atoms with van der Waals surface area (Å²) in [5.74, 6) is 0.819. The average molecular weight is 259 g/mol. The molecule has 1 aromatic heterocycles. The first-order valence-corrected chi connectivity index (χ1v) is 6.43. The molecule has 0 atom stereocenters. The normalized spacial score (nSPS) is 10.4. The molecule has 19 heavy (non-hydrogen) atoms. The lowest BCUT2D eigenvalue weighted by Crippen LogP contribution is -2.03. The van der Waals surface area contributed by atoms with E-state index in [0.29, 0.717) is 12.3 Å². The Hall–Kier alpha value is -2.17. The average Bonchev–Trinajstić information content (AvgIpc) is 2.83. The molecule has 100 valence electrons. The first-order valence-electron chi connectivity index (χ1n) is 6.43. The maximum Gasteiger partial charge on any atom is 0.172 e. The number of hydrogen-bond acceptors (Lipinski definition) is 4. The van der Waals surface area contributed by atoms with E-state index in [1.54, 1.807) is 4.68 Å². The van der Waals surface area contributed by atoms with Crippen LogP contribution >= 0.6 is 0 Å². The number of hydrogen-bond donors (Lipinski definition) is 0. The first kappa shape index (κ1) is 13.3. The molecule has 5 heteroatoms. The minimum atomic E-state index is 0.413. The van der Waals surface area contributed by atoms with E-state index < -0.39 is 0 Å². The van der Waals surface area contributed by atoms with Crippen LogP contribution in [0.3, 0.4) is 0 Å². The van der Waals surface area contributed by atoms with Crippen molar-refractivity contribution in [3.63, 3.8) is 0 Å². The second-order valence-corrected chi connectivity index (χ2v) is 4.13. The number of benzene rings is 1. The van der Waals surface area contributed by atoms with Gasteiger partial charge in [0.1, 0.15) is 11.4 Å². The van der Waals surface area contributed by atoms with Crippen LogP contribution in [0.5, 0.6) is 5.75 Å². The van der Waals surface area contributed by atoms with Gasteiger partial charge in [0.05, 0.1) is 18.0 Å². The molecular weight excluding hydrogens is 242 g/mol. The van der Waals surface area contributed by atoms with Crippen LogP contribution in [0.25, 0.3) is 5.69 Å². The largest absolute Gasteiger partial charge is 0.494 e. The van der Waals surface area contributed by atoms with E-state index in [1.807, 2.05) is 31.2 Å². The van der Waals surface area contributed by atoms with Crippen molar-refractivity contribution < 1.29 is 9.53 Å². The molecule has 1 heterocycles. The summed E-state index contributed by atoms with van der Waals surface area (Å²) in [6.45, 7) is 4.64. The zero-order valence-electron chi connectivity index (χ0n) is 11.2. The molecule has 2 rings (SSSR count). The molecule has 0 N–H and O–H groups in total. The molecule has 0 saturated carbocycles. The first-order chi connectivity index (χ1) is 9.30. The Labute approximate surface area is 112 Å². The summed E-state index contributed by atoms with van der Waals surface area (Å²) in [6.07, 6.45) is 2.46. The van der Waals surface area contributed by atoms with E-state index in [2.05, 4.69) is 17.2 Å². The van der Waals surface area contributed by atoms with E-state index in [0.717, 1.165) is 36.3 Å². The van der Waals surface area contributed by atoms with Crippen LogP contribution in [-0.2, 0) is 6.42 Å². The zero-order chi connectivity index (χ0) is 13.7. The topological polar surface area (TPSA) is 57.0 Å². The molecule has 0 spiro atoms. The highest BCUT2D eigenvalue weighted by Gasteiger charge is 2.12. The van der Waals surface area contributed by atoms with Crippen molar-refractivity contribution >= 4 is 6.29 Å². The van der Waals surface area contributed by atoms with Crippen molar-refractivity contribution in [1.82, 2.24) is 15.0 Å². The fourth-order valence-corrected chi connectivity index (χ4v) is 1.93. The number of carbonyl (C=O) groups is 1. The Morgan fingerprint density at radius 1 is 1.26 bits per heavy atom. The van der Waals surface area contributed by atoms with Crippen LogP contribution in [0.15, 0.2) is 24.3 Å². The van der Waals surface area contributed by atoms with E-state index in [-0.39, 0.29) is 0 Å². The number of nitrogens with zero attached hydrogens (tertiary/aromatic N) is 3. The van der Waals surface area contributed by atoms with E-state index in [9.17, 15) is 4.79 Å². The molecule has 0 unspecified atom stereocenters. The highest BCUT2D eigenvalue weighted by Crippen LogP contribution is 2.18. The Morgan fingerprint density at radius 2 is 2.00 bits per heavy atom. The van der Waals surface area contributed by atoms with Crippen LogP contribution in [0.2, 0.25) is 0 Å². The predicted octanol–water partition coefficient (Wildman–Crippen LogP) is 2.43. The summed E-state index contributed by atoms with van der Waals surface area (Å²) < 4.78 is 7.11. The quantitative estimate of drug-likeness (QED) is 0.748. The third-order valence-electron chi connectivity index (χ3n) is 2.78. The van der Waals surface area contributed by atoms with Crippen molar-refractivity contribution in [2.75, 3.05) is 6.61 Å². The lowest BCUT2D eigenvalue weighted by atomic mass is 10.2. The van der Waals surface area contributed by atoms with Gasteiger partial charge in [-0.2, -0.15) is 0 Å². The SMILES string of the molecule is CCCc1c(C=O)nnn1-c1ccc(OCC)cc1. The number of aldehydes is 1. The summed E-state index contributed by atoms with van der Waals surface area (Å²) in [7, 11) is 0. The van der Waals surface area contributed by atoms with Gasteiger partial charge >= 0.3 is 0 Å². The second kappa shape index (κ2) is 6.13. The van der Waals surface area contributed by atoms with Crippen LogP contribution < -0.4 is 4.74 Å². The lowest BCUT2D eigenvalue weighted by molar-refractivity contribution is 0.111. The predicted molar refractivity (Wildman–Crippen MR) is 71.9 cm³/mol. The molecule has 0 bridgehead atoms. The van der Waals surface area contributed by atoms with E-state index >= 15 is 0 Å². The standard InChI is InChI=1S/C14H17N3O2/c1-3-5-14-13(10-18)15-16-17(14)11-6-8-12(9-7-11)19-4-2/h6-10H,3-5H2,1-2H3. The molecular formula is C14H17N3O2. The summed E-state index contributed by atoms with van der Waals surface area (Å²) in [5.41, 5.74) is 2.14. The lowest BCUT2D eigenvalue weighted by Gasteiger charge is -2.07. The van der Waals surface area contributed by atoms with Crippen LogP contribution in [0.1, 0.15) is 36.5 Å². The molecule has 0 aliphatic carbocycles. The third kappa shape index (κ3) is 2.81. The van der Waals surface area contributed by atoms with Gasteiger partial charge in [-0.3, -0.25) is 4.79 Å². The molecule has 0 amide bonds. The smallest absolute Gasteiger partial charge is 0.172 e. The van der Waals surface area contributed by atoms with Crippen molar-refractivity contribution in [3.05, 3.63) is 35.7 Å².